The fourth-order valence-corrected chi connectivity index (χ4v) is 4.23. The molecule has 3 aromatic rings. The molecule has 0 saturated carbocycles. The molecule has 4 rings (SSSR count). The summed E-state index contributed by atoms with van der Waals surface area (Å²) in [4.78, 5) is 17.1. The van der Waals surface area contributed by atoms with E-state index in [1.807, 2.05) is 12.1 Å². The Balaban J connectivity index is 1.29. The second-order valence-corrected chi connectivity index (χ2v) is 8.70. The Morgan fingerprint density at radius 2 is 1.62 bits per heavy atom. The van der Waals surface area contributed by atoms with Gasteiger partial charge in [-0.15, -0.1) is 0 Å². The minimum atomic E-state index is -0.195. The van der Waals surface area contributed by atoms with Gasteiger partial charge in [-0.05, 0) is 66.6 Å². The van der Waals surface area contributed by atoms with Crippen molar-refractivity contribution in [1.82, 2.24) is 10.2 Å². The molecule has 0 radical (unpaired) electrons. The number of rotatable bonds is 6. The fourth-order valence-electron chi connectivity index (χ4n) is 4.10. The zero-order valence-corrected chi connectivity index (χ0v) is 18.9. The van der Waals surface area contributed by atoms with Crippen molar-refractivity contribution in [2.45, 2.75) is 26.1 Å². The van der Waals surface area contributed by atoms with E-state index in [0.717, 1.165) is 37.3 Å². The van der Waals surface area contributed by atoms with Crippen LogP contribution in [0.1, 0.15) is 28.4 Å². The normalized spacial score (nSPS) is 16.7. The van der Waals surface area contributed by atoms with E-state index in [1.54, 1.807) is 24.3 Å². The molecular weight excluding hydrogens is 425 g/mol. The first-order valence-electron chi connectivity index (χ1n) is 10.8. The summed E-state index contributed by atoms with van der Waals surface area (Å²) in [6.45, 7) is 6.40. The molecule has 1 unspecified atom stereocenters. The number of amides is 1. The molecule has 3 aromatic carbocycles. The van der Waals surface area contributed by atoms with Crippen molar-refractivity contribution >= 4 is 23.2 Å². The van der Waals surface area contributed by atoms with Crippen molar-refractivity contribution in [2.24, 2.45) is 0 Å². The molecule has 1 N–H and O–H groups in total. The van der Waals surface area contributed by atoms with Crippen LogP contribution in [0, 0.1) is 5.82 Å². The monoisotopic (exact) mass is 451 g/mol. The average molecular weight is 452 g/mol. The standard InChI is InChI=1S/C26H27ClFN3O/c1-19-17-30(18-21-2-10-24(28)11-3-21)14-15-31(19)25-12-4-20(5-13-25)16-29-26(32)22-6-8-23(27)9-7-22/h2-13,19H,14-18H2,1H3,(H,29,32). The first kappa shape index (κ1) is 22.3. The summed E-state index contributed by atoms with van der Waals surface area (Å²) >= 11 is 5.88. The molecule has 0 aromatic heterocycles. The number of hydrogen-bond acceptors (Lipinski definition) is 3. The molecule has 4 nitrogen and oxygen atoms in total. The van der Waals surface area contributed by atoms with Gasteiger partial charge in [0.25, 0.3) is 5.91 Å². The van der Waals surface area contributed by atoms with Crippen LogP contribution >= 0.6 is 11.6 Å². The first-order valence-corrected chi connectivity index (χ1v) is 11.2. The Kier molecular flexibility index (Phi) is 7.08. The Labute approximate surface area is 193 Å². The van der Waals surface area contributed by atoms with Crippen molar-refractivity contribution in [3.8, 4) is 0 Å². The smallest absolute Gasteiger partial charge is 0.251 e. The third kappa shape index (κ3) is 5.67. The maximum Gasteiger partial charge on any atom is 0.251 e. The lowest BCUT2D eigenvalue weighted by atomic mass is 10.1. The van der Waals surface area contributed by atoms with E-state index in [0.29, 0.717) is 23.2 Å². The van der Waals surface area contributed by atoms with Crippen molar-refractivity contribution in [1.29, 1.82) is 0 Å². The minimum absolute atomic E-state index is 0.114. The number of carbonyl (C=O) groups is 1. The van der Waals surface area contributed by atoms with Gasteiger partial charge < -0.3 is 10.2 Å². The van der Waals surface area contributed by atoms with Crippen LogP contribution in [0.3, 0.4) is 0 Å². The molecule has 1 amide bonds. The molecule has 1 heterocycles. The number of hydrogen-bond donors (Lipinski definition) is 1. The van der Waals surface area contributed by atoms with Gasteiger partial charge >= 0.3 is 0 Å². The summed E-state index contributed by atoms with van der Waals surface area (Å²) in [6, 6.07) is 22.4. The van der Waals surface area contributed by atoms with Crippen LogP contribution in [-0.2, 0) is 13.1 Å². The fraction of sp³-hybridized carbons (Fsp3) is 0.269. The van der Waals surface area contributed by atoms with Crippen LogP contribution in [0.2, 0.25) is 5.02 Å². The van der Waals surface area contributed by atoms with Crippen LogP contribution in [0.5, 0.6) is 0 Å². The van der Waals surface area contributed by atoms with E-state index >= 15 is 0 Å². The van der Waals surface area contributed by atoms with Crippen molar-refractivity contribution in [2.75, 3.05) is 24.5 Å². The van der Waals surface area contributed by atoms with Crippen LogP contribution in [-0.4, -0.2) is 36.5 Å². The first-order chi connectivity index (χ1) is 15.5. The van der Waals surface area contributed by atoms with Crippen LogP contribution in [0.4, 0.5) is 10.1 Å². The van der Waals surface area contributed by atoms with Gasteiger partial charge in [-0.3, -0.25) is 9.69 Å². The van der Waals surface area contributed by atoms with E-state index in [2.05, 4.69) is 46.3 Å². The molecule has 1 aliphatic rings. The Bertz CT molecular complexity index is 1040. The lowest BCUT2D eigenvalue weighted by molar-refractivity contribution is 0.0951. The summed E-state index contributed by atoms with van der Waals surface area (Å²) in [6.07, 6.45) is 0. The van der Waals surface area contributed by atoms with E-state index in [9.17, 15) is 9.18 Å². The lowest BCUT2D eigenvalue weighted by Crippen LogP contribution is -2.51. The molecule has 6 heteroatoms. The predicted octanol–water partition coefficient (Wildman–Crippen LogP) is 5.12. The molecule has 0 spiro atoms. The second kappa shape index (κ2) is 10.2. The van der Waals surface area contributed by atoms with Gasteiger partial charge in [0.15, 0.2) is 0 Å². The van der Waals surface area contributed by atoms with Crippen molar-refractivity contribution < 1.29 is 9.18 Å². The van der Waals surface area contributed by atoms with Crippen LogP contribution in [0.25, 0.3) is 0 Å². The molecule has 1 fully saturated rings. The zero-order chi connectivity index (χ0) is 22.5. The predicted molar refractivity (Wildman–Crippen MR) is 128 cm³/mol. The maximum absolute atomic E-state index is 13.1. The third-order valence-electron chi connectivity index (χ3n) is 5.86. The van der Waals surface area contributed by atoms with Gasteiger partial charge in [-0.1, -0.05) is 35.9 Å². The average Bonchev–Trinajstić information content (AvgIpc) is 2.80. The van der Waals surface area contributed by atoms with E-state index < -0.39 is 0 Å². The molecule has 1 aliphatic heterocycles. The highest BCUT2D eigenvalue weighted by Gasteiger charge is 2.23. The molecule has 166 valence electrons. The van der Waals surface area contributed by atoms with Gasteiger partial charge in [-0.2, -0.15) is 0 Å². The highest BCUT2D eigenvalue weighted by atomic mass is 35.5. The molecule has 0 aliphatic carbocycles. The van der Waals surface area contributed by atoms with Gasteiger partial charge in [0.2, 0.25) is 0 Å². The zero-order valence-electron chi connectivity index (χ0n) is 18.1. The summed E-state index contributed by atoms with van der Waals surface area (Å²) in [7, 11) is 0. The summed E-state index contributed by atoms with van der Waals surface area (Å²) in [5, 5.41) is 3.56. The lowest BCUT2D eigenvalue weighted by Gasteiger charge is -2.41. The number of halogens is 2. The molecule has 32 heavy (non-hydrogen) atoms. The highest BCUT2D eigenvalue weighted by Crippen LogP contribution is 2.22. The van der Waals surface area contributed by atoms with E-state index in [1.165, 1.54) is 17.8 Å². The minimum Gasteiger partial charge on any atom is -0.366 e. The SMILES string of the molecule is CC1CN(Cc2ccc(F)cc2)CCN1c1ccc(CNC(=O)c2ccc(Cl)cc2)cc1. The highest BCUT2D eigenvalue weighted by molar-refractivity contribution is 6.30. The van der Waals surface area contributed by atoms with Gasteiger partial charge in [-0.25, -0.2) is 4.39 Å². The largest absolute Gasteiger partial charge is 0.366 e. The second-order valence-electron chi connectivity index (χ2n) is 8.26. The summed E-state index contributed by atoms with van der Waals surface area (Å²) in [5.41, 5.74) is 3.97. The third-order valence-corrected chi connectivity index (χ3v) is 6.11. The number of piperazine rings is 1. The van der Waals surface area contributed by atoms with Gasteiger partial charge in [0.05, 0.1) is 0 Å². The Morgan fingerprint density at radius 1 is 0.969 bits per heavy atom. The van der Waals surface area contributed by atoms with E-state index in [-0.39, 0.29) is 11.7 Å². The van der Waals surface area contributed by atoms with Crippen molar-refractivity contribution in [3.63, 3.8) is 0 Å². The summed E-state index contributed by atoms with van der Waals surface area (Å²) < 4.78 is 13.1. The Hall–Kier alpha value is -2.89. The number of carbonyl (C=O) groups excluding carboxylic acids is 1. The molecule has 1 atom stereocenters. The maximum atomic E-state index is 13.1. The number of nitrogens with one attached hydrogen (secondary N) is 1. The van der Waals surface area contributed by atoms with Crippen molar-refractivity contribution in [3.05, 3.63) is 100 Å². The number of anilines is 1. The van der Waals surface area contributed by atoms with E-state index in [4.69, 9.17) is 11.6 Å². The Morgan fingerprint density at radius 3 is 2.28 bits per heavy atom. The molecule has 1 saturated heterocycles. The molecular formula is C26H27ClFN3O. The van der Waals surface area contributed by atoms with Crippen LogP contribution in [0.15, 0.2) is 72.8 Å². The topological polar surface area (TPSA) is 35.6 Å². The molecule has 0 bridgehead atoms. The van der Waals surface area contributed by atoms with Gasteiger partial charge in [0.1, 0.15) is 5.82 Å². The summed E-state index contributed by atoms with van der Waals surface area (Å²) in [5.74, 6) is -0.309. The number of nitrogens with zero attached hydrogens (tertiary/aromatic N) is 2. The number of benzene rings is 3. The van der Waals surface area contributed by atoms with Gasteiger partial charge in [0, 0.05) is 55.0 Å². The quantitative estimate of drug-likeness (QED) is 0.565. The van der Waals surface area contributed by atoms with Crippen LogP contribution < -0.4 is 10.2 Å².